The van der Waals surface area contributed by atoms with Crippen LogP contribution in [0.4, 0.5) is 0 Å². The van der Waals surface area contributed by atoms with Crippen LogP contribution < -0.4 is 10.6 Å². The number of rotatable bonds is 6. The Morgan fingerprint density at radius 3 is 2.25 bits per heavy atom. The number of hydrogen-bond acceptors (Lipinski definition) is 3. The lowest BCUT2D eigenvalue weighted by molar-refractivity contribution is -0.121. The van der Waals surface area contributed by atoms with E-state index in [1.54, 1.807) is 7.05 Å². The average molecular weight is 252 g/mol. The van der Waals surface area contributed by atoms with Gasteiger partial charge in [-0.25, -0.2) is 0 Å². The van der Waals surface area contributed by atoms with Gasteiger partial charge in [-0.3, -0.25) is 4.79 Å². The summed E-state index contributed by atoms with van der Waals surface area (Å²) in [6.07, 6.45) is 0. The van der Waals surface area contributed by atoms with E-state index in [9.17, 15) is 4.79 Å². The minimum Gasteiger partial charge on any atom is -0.352 e. The van der Waals surface area contributed by atoms with E-state index < -0.39 is 0 Å². The second-order valence-electron chi connectivity index (χ2n) is 5.05. The Kier molecular flexibility index (Phi) is 8.88. The molecule has 0 aromatic carbocycles. The van der Waals surface area contributed by atoms with Crippen molar-refractivity contribution in [2.75, 3.05) is 34.2 Å². The predicted molar refractivity (Wildman–Crippen MR) is 71.1 cm³/mol. The number of nitrogens with zero attached hydrogens (tertiary/aromatic N) is 1. The lowest BCUT2D eigenvalue weighted by Crippen LogP contribution is -2.49. The number of amides is 1. The minimum atomic E-state index is 0. The normalized spacial score (nSPS) is 13.2. The van der Waals surface area contributed by atoms with Gasteiger partial charge in [0.05, 0.1) is 6.54 Å². The number of carbonyl (C=O) groups excluding carboxylic acids is 1. The maximum Gasteiger partial charge on any atom is 0.234 e. The fourth-order valence-electron chi connectivity index (χ4n) is 1.60. The van der Waals surface area contributed by atoms with Gasteiger partial charge in [-0.15, -0.1) is 12.4 Å². The van der Waals surface area contributed by atoms with E-state index in [0.29, 0.717) is 6.54 Å². The molecule has 4 nitrogen and oxygen atoms in total. The molecule has 0 spiro atoms. The first kappa shape index (κ1) is 18.1. The molecule has 98 valence electrons. The fraction of sp³-hybridized carbons (Fsp3) is 0.909. The molecule has 0 saturated carbocycles. The first-order valence-corrected chi connectivity index (χ1v) is 5.38. The lowest BCUT2D eigenvalue weighted by atomic mass is 9.85. The Labute approximate surface area is 106 Å². The van der Waals surface area contributed by atoms with Crippen molar-refractivity contribution >= 4 is 18.3 Å². The quantitative estimate of drug-likeness (QED) is 0.731. The molecule has 0 aliphatic rings. The maximum absolute atomic E-state index is 11.4. The molecule has 0 fully saturated rings. The third-order valence-corrected chi connectivity index (χ3v) is 2.61. The van der Waals surface area contributed by atoms with E-state index in [2.05, 4.69) is 36.3 Å². The number of carbonyl (C=O) groups is 1. The van der Waals surface area contributed by atoms with Gasteiger partial charge in [0.25, 0.3) is 0 Å². The minimum absolute atomic E-state index is 0. The highest BCUT2D eigenvalue weighted by molar-refractivity contribution is 5.85. The summed E-state index contributed by atoms with van der Waals surface area (Å²) in [5, 5.41) is 5.84. The molecule has 16 heavy (non-hydrogen) atoms. The second kappa shape index (κ2) is 7.87. The summed E-state index contributed by atoms with van der Waals surface area (Å²) in [5.74, 6) is 0.0526. The van der Waals surface area contributed by atoms with Crippen molar-refractivity contribution in [3.8, 4) is 0 Å². The van der Waals surface area contributed by atoms with Crippen molar-refractivity contribution < 1.29 is 4.79 Å². The molecule has 0 rings (SSSR count). The van der Waals surface area contributed by atoms with Gasteiger partial charge >= 0.3 is 0 Å². The molecule has 0 saturated heterocycles. The van der Waals surface area contributed by atoms with Crippen LogP contribution in [0.5, 0.6) is 0 Å². The van der Waals surface area contributed by atoms with E-state index in [1.165, 1.54) is 0 Å². The standard InChI is InChI=1S/C11H25N3O.ClH/c1-9(13-10(15)7-12-4)11(2,3)8-14(5)6;/h9,12H,7-8H2,1-6H3,(H,13,15);1H. The van der Waals surface area contributed by atoms with Crippen LogP contribution in [0.1, 0.15) is 20.8 Å². The monoisotopic (exact) mass is 251 g/mol. The Morgan fingerprint density at radius 1 is 1.38 bits per heavy atom. The van der Waals surface area contributed by atoms with Gasteiger partial charge in [0, 0.05) is 12.6 Å². The number of likely N-dealkylation sites (N-methyl/N-ethyl adjacent to an activating group) is 1. The molecule has 1 atom stereocenters. The third-order valence-electron chi connectivity index (χ3n) is 2.61. The first-order chi connectivity index (χ1) is 6.79. The van der Waals surface area contributed by atoms with Crippen molar-refractivity contribution in [2.45, 2.75) is 26.8 Å². The largest absolute Gasteiger partial charge is 0.352 e. The fourth-order valence-corrected chi connectivity index (χ4v) is 1.60. The van der Waals surface area contributed by atoms with Crippen LogP contribution in [0.25, 0.3) is 0 Å². The van der Waals surface area contributed by atoms with Crippen LogP contribution in [0, 0.1) is 5.41 Å². The molecule has 1 amide bonds. The summed E-state index contributed by atoms with van der Waals surface area (Å²) in [7, 11) is 5.86. The second-order valence-corrected chi connectivity index (χ2v) is 5.05. The molecule has 0 aliphatic heterocycles. The van der Waals surface area contributed by atoms with Crippen molar-refractivity contribution in [3.05, 3.63) is 0 Å². The molecular formula is C11H26ClN3O. The summed E-state index contributed by atoms with van der Waals surface area (Å²) < 4.78 is 0. The summed E-state index contributed by atoms with van der Waals surface area (Å²) >= 11 is 0. The van der Waals surface area contributed by atoms with Gasteiger partial charge < -0.3 is 15.5 Å². The molecule has 2 N–H and O–H groups in total. The number of nitrogens with one attached hydrogen (secondary N) is 2. The Hall–Kier alpha value is -0.320. The average Bonchev–Trinajstić information content (AvgIpc) is 2.01. The van der Waals surface area contributed by atoms with E-state index >= 15 is 0 Å². The highest BCUT2D eigenvalue weighted by atomic mass is 35.5. The van der Waals surface area contributed by atoms with Gasteiger partial charge in [0.2, 0.25) is 5.91 Å². The smallest absolute Gasteiger partial charge is 0.234 e. The van der Waals surface area contributed by atoms with Crippen LogP contribution >= 0.6 is 12.4 Å². The number of halogens is 1. The third kappa shape index (κ3) is 7.04. The molecule has 0 radical (unpaired) electrons. The molecule has 0 aromatic heterocycles. The van der Waals surface area contributed by atoms with Crippen molar-refractivity contribution in [1.29, 1.82) is 0 Å². The van der Waals surface area contributed by atoms with Crippen LogP contribution in [0.3, 0.4) is 0 Å². The Bertz CT molecular complexity index is 207. The molecular weight excluding hydrogens is 226 g/mol. The van der Waals surface area contributed by atoms with Gasteiger partial charge in [-0.2, -0.15) is 0 Å². The summed E-state index contributed by atoms with van der Waals surface area (Å²) in [5.41, 5.74) is 0.0763. The zero-order chi connectivity index (χ0) is 12.1. The molecule has 0 aromatic rings. The topological polar surface area (TPSA) is 44.4 Å². The van der Waals surface area contributed by atoms with E-state index in [-0.39, 0.29) is 29.8 Å². The van der Waals surface area contributed by atoms with Gasteiger partial charge in [-0.05, 0) is 33.5 Å². The molecule has 0 heterocycles. The zero-order valence-electron chi connectivity index (χ0n) is 11.3. The van der Waals surface area contributed by atoms with E-state index in [0.717, 1.165) is 6.54 Å². The van der Waals surface area contributed by atoms with E-state index in [1.807, 2.05) is 14.1 Å². The van der Waals surface area contributed by atoms with Crippen LogP contribution in [0.15, 0.2) is 0 Å². The predicted octanol–water partition coefficient (Wildman–Crippen LogP) is 0.720. The van der Waals surface area contributed by atoms with E-state index in [4.69, 9.17) is 0 Å². The van der Waals surface area contributed by atoms with Gasteiger partial charge in [-0.1, -0.05) is 13.8 Å². The van der Waals surface area contributed by atoms with Crippen LogP contribution in [0.2, 0.25) is 0 Å². The SMILES string of the molecule is CNCC(=O)NC(C)C(C)(C)CN(C)C.Cl. The molecule has 5 heteroatoms. The van der Waals surface area contributed by atoms with Crippen LogP contribution in [-0.2, 0) is 4.79 Å². The molecule has 1 unspecified atom stereocenters. The highest BCUT2D eigenvalue weighted by Gasteiger charge is 2.27. The summed E-state index contributed by atoms with van der Waals surface area (Å²) in [6.45, 7) is 7.71. The lowest BCUT2D eigenvalue weighted by Gasteiger charge is -2.34. The van der Waals surface area contributed by atoms with Crippen molar-refractivity contribution in [3.63, 3.8) is 0 Å². The number of hydrogen-bond donors (Lipinski definition) is 2. The van der Waals surface area contributed by atoms with Gasteiger partial charge in [0.15, 0.2) is 0 Å². The Morgan fingerprint density at radius 2 is 1.88 bits per heavy atom. The summed E-state index contributed by atoms with van der Waals surface area (Å²) in [6, 6.07) is 0.167. The molecule has 0 aliphatic carbocycles. The maximum atomic E-state index is 11.4. The van der Waals surface area contributed by atoms with Crippen molar-refractivity contribution in [2.24, 2.45) is 5.41 Å². The van der Waals surface area contributed by atoms with Crippen molar-refractivity contribution in [1.82, 2.24) is 15.5 Å². The highest BCUT2D eigenvalue weighted by Crippen LogP contribution is 2.20. The Balaban J connectivity index is 0. The molecule has 0 bridgehead atoms. The van der Waals surface area contributed by atoms with Crippen LogP contribution in [-0.4, -0.2) is 51.1 Å². The summed E-state index contributed by atoms with van der Waals surface area (Å²) in [4.78, 5) is 13.5. The zero-order valence-corrected chi connectivity index (χ0v) is 12.1. The van der Waals surface area contributed by atoms with Gasteiger partial charge in [0.1, 0.15) is 0 Å². The first-order valence-electron chi connectivity index (χ1n) is 5.38.